The number of aryl methyl sites for hydroxylation is 2. The zero-order chi connectivity index (χ0) is 25.6. The lowest BCUT2D eigenvalue weighted by atomic mass is 9.97. The van der Waals surface area contributed by atoms with E-state index in [1.54, 1.807) is 30.5 Å². The normalized spacial score (nSPS) is 12.0. The molecular formula is C27H24F3N5O. The lowest BCUT2D eigenvalue weighted by Gasteiger charge is -2.11. The predicted octanol–water partition coefficient (Wildman–Crippen LogP) is 6.97. The minimum Gasteiger partial charge on any atom is -0.453 e. The van der Waals surface area contributed by atoms with Gasteiger partial charge >= 0.3 is 6.18 Å². The molecule has 0 unspecified atom stereocenters. The summed E-state index contributed by atoms with van der Waals surface area (Å²) in [4.78, 5) is 13.2. The molecule has 36 heavy (non-hydrogen) atoms. The van der Waals surface area contributed by atoms with Gasteiger partial charge in [0.05, 0.1) is 11.7 Å². The molecule has 5 aromatic rings. The Bertz CT molecular complexity index is 1550. The van der Waals surface area contributed by atoms with Crippen molar-refractivity contribution in [3.8, 4) is 34.3 Å². The van der Waals surface area contributed by atoms with Crippen molar-refractivity contribution in [2.75, 3.05) is 0 Å². The van der Waals surface area contributed by atoms with Crippen molar-refractivity contribution in [1.82, 2.24) is 24.1 Å². The molecule has 0 atom stereocenters. The van der Waals surface area contributed by atoms with E-state index in [4.69, 9.17) is 9.72 Å². The van der Waals surface area contributed by atoms with Gasteiger partial charge in [0.2, 0.25) is 0 Å². The van der Waals surface area contributed by atoms with E-state index in [2.05, 4.69) is 29.9 Å². The lowest BCUT2D eigenvalue weighted by Crippen LogP contribution is -2.04. The van der Waals surface area contributed by atoms with Crippen molar-refractivity contribution in [3.05, 3.63) is 78.4 Å². The van der Waals surface area contributed by atoms with Crippen LogP contribution >= 0.6 is 0 Å². The number of halogens is 3. The van der Waals surface area contributed by atoms with E-state index in [1.807, 2.05) is 36.0 Å². The van der Waals surface area contributed by atoms with Crippen LogP contribution in [0.5, 0.6) is 11.5 Å². The maximum Gasteiger partial charge on any atom is 0.434 e. The maximum atomic E-state index is 13.0. The Morgan fingerprint density at radius 3 is 2.28 bits per heavy atom. The first kappa shape index (κ1) is 23.6. The van der Waals surface area contributed by atoms with Crippen LogP contribution in [0.2, 0.25) is 0 Å². The van der Waals surface area contributed by atoms with Gasteiger partial charge in [0, 0.05) is 37.6 Å². The number of imidazole rings is 1. The van der Waals surface area contributed by atoms with Crippen molar-refractivity contribution in [1.29, 1.82) is 0 Å². The fraction of sp³-hybridized carbons (Fsp3) is 0.222. The Balaban J connectivity index is 1.47. The molecule has 184 valence electrons. The molecule has 0 radical (unpaired) electrons. The largest absolute Gasteiger partial charge is 0.453 e. The van der Waals surface area contributed by atoms with Gasteiger partial charge in [-0.05, 0) is 35.7 Å². The summed E-state index contributed by atoms with van der Waals surface area (Å²) in [6.07, 6.45) is 0.0954. The van der Waals surface area contributed by atoms with E-state index in [0.29, 0.717) is 34.3 Å². The van der Waals surface area contributed by atoms with Gasteiger partial charge in [-0.25, -0.2) is 15.0 Å². The summed E-state index contributed by atoms with van der Waals surface area (Å²) in [7, 11) is 3.43. The molecule has 0 N–H and O–H groups in total. The van der Waals surface area contributed by atoms with Crippen LogP contribution in [0.3, 0.4) is 0 Å². The van der Waals surface area contributed by atoms with Crippen molar-refractivity contribution < 1.29 is 17.9 Å². The molecule has 0 fully saturated rings. The predicted molar refractivity (Wildman–Crippen MR) is 132 cm³/mol. The molecule has 5 rings (SSSR count). The number of aromatic nitrogens is 5. The first-order valence-corrected chi connectivity index (χ1v) is 11.4. The first-order chi connectivity index (χ1) is 17.1. The molecule has 0 spiro atoms. The van der Waals surface area contributed by atoms with Crippen LogP contribution in [-0.4, -0.2) is 24.1 Å². The number of nitrogens with zero attached hydrogens (tertiary/aromatic N) is 5. The van der Waals surface area contributed by atoms with Gasteiger partial charge in [-0.2, -0.15) is 13.2 Å². The lowest BCUT2D eigenvalue weighted by molar-refractivity contribution is -0.140. The summed E-state index contributed by atoms with van der Waals surface area (Å²) < 4.78 is 48.5. The number of benzene rings is 2. The maximum absolute atomic E-state index is 13.0. The number of ether oxygens (including phenoxy) is 1. The van der Waals surface area contributed by atoms with Crippen LogP contribution in [0.15, 0.2) is 67.1 Å². The monoisotopic (exact) mass is 491 g/mol. The van der Waals surface area contributed by atoms with Gasteiger partial charge in [-0.1, -0.05) is 38.1 Å². The Morgan fingerprint density at radius 1 is 0.889 bits per heavy atom. The Hall–Kier alpha value is -4.14. The third kappa shape index (κ3) is 4.32. The summed E-state index contributed by atoms with van der Waals surface area (Å²) in [5.41, 5.74) is 3.25. The summed E-state index contributed by atoms with van der Waals surface area (Å²) >= 11 is 0. The molecule has 0 saturated carbocycles. The van der Waals surface area contributed by atoms with Gasteiger partial charge in [-0.15, -0.1) is 0 Å². The van der Waals surface area contributed by atoms with E-state index < -0.39 is 11.9 Å². The molecule has 0 saturated heterocycles. The van der Waals surface area contributed by atoms with Crippen LogP contribution < -0.4 is 4.74 Å². The van der Waals surface area contributed by atoms with Crippen molar-refractivity contribution in [2.24, 2.45) is 14.1 Å². The highest BCUT2D eigenvalue weighted by molar-refractivity contribution is 5.84. The van der Waals surface area contributed by atoms with Crippen LogP contribution in [0.25, 0.3) is 33.8 Å². The second-order valence-electron chi connectivity index (χ2n) is 8.96. The Morgan fingerprint density at radius 2 is 1.61 bits per heavy atom. The quantitative estimate of drug-likeness (QED) is 0.266. The number of alkyl halides is 3. The Kier molecular flexibility index (Phi) is 5.78. The molecule has 0 aliphatic heterocycles. The SMILES string of the molecule is CC(C)c1ccccc1-c1ncc2c(n1)c(Oc1ccc(-c3nc(C(F)(F)F)cn3C)cc1)cn2C. The van der Waals surface area contributed by atoms with Gasteiger partial charge in [-0.3, -0.25) is 0 Å². The van der Waals surface area contributed by atoms with Gasteiger partial charge < -0.3 is 13.9 Å². The van der Waals surface area contributed by atoms with Crippen LogP contribution in [0, 0.1) is 0 Å². The summed E-state index contributed by atoms with van der Waals surface area (Å²) in [6.45, 7) is 4.26. The molecule has 6 nitrogen and oxygen atoms in total. The molecule has 0 aliphatic rings. The fourth-order valence-electron chi connectivity index (χ4n) is 4.20. The molecular weight excluding hydrogens is 467 g/mol. The molecule has 3 heterocycles. The topological polar surface area (TPSA) is 57.8 Å². The van der Waals surface area contributed by atoms with Crippen LogP contribution in [-0.2, 0) is 20.3 Å². The van der Waals surface area contributed by atoms with Gasteiger partial charge in [0.15, 0.2) is 17.3 Å². The summed E-state index contributed by atoms with van der Waals surface area (Å²) in [5.74, 6) is 2.24. The second-order valence-corrected chi connectivity index (χ2v) is 8.96. The number of hydrogen-bond acceptors (Lipinski definition) is 4. The molecule has 2 aromatic carbocycles. The van der Waals surface area contributed by atoms with Gasteiger partial charge in [0.1, 0.15) is 17.1 Å². The van der Waals surface area contributed by atoms with Crippen LogP contribution in [0.4, 0.5) is 13.2 Å². The van der Waals surface area contributed by atoms with Crippen molar-refractivity contribution in [3.63, 3.8) is 0 Å². The summed E-state index contributed by atoms with van der Waals surface area (Å²) in [5, 5.41) is 0. The van der Waals surface area contributed by atoms with Crippen molar-refractivity contribution in [2.45, 2.75) is 25.9 Å². The highest BCUT2D eigenvalue weighted by atomic mass is 19.4. The zero-order valence-corrected chi connectivity index (χ0v) is 20.2. The minimum absolute atomic E-state index is 0.222. The molecule has 3 aromatic heterocycles. The van der Waals surface area contributed by atoms with E-state index in [9.17, 15) is 13.2 Å². The highest BCUT2D eigenvalue weighted by Gasteiger charge is 2.34. The molecule has 0 aliphatic carbocycles. The molecule has 0 amide bonds. The minimum atomic E-state index is -4.50. The standard InChI is InChI=1S/C27H24F3N5O/c1-16(2)19-7-5-6-8-20(19)25-31-13-21-24(33-25)22(14-34(21)3)36-18-11-9-17(10-12-18)26-32-23(15-35(26)4)27(28,29)30/h5-16H,1-4H3. The van der Waals surface area contributed by atoms with Gasteiger partial charge in [0.25, 0.3) is 0 Å². The second kappa shape index (κ2) is 8.82. The van der Waals surface area contributed by atoms with Crippen LogP contribution in [0.1, 0.15) is 31.0 Å². The Labute approximate surface area is 206 Å². The summed E-state index contributed by atoms with van der Waals surface area (Å²) in [6, 6.07) is 14.8. The van der Waals surface area contributed by atoms with E-state index in [-0.39, 0.29) is 5.82 Å². The van der Waals surface area contributed by atoms with E-state index in [1.165, 1.54) is 11.6 Å². The number of rotatable bonds is 5. The van der Waals surface area contributed by atoms with E-state index in [0.717, 1.165) is 22.8 Å². The first-order valence-electron chi connectivity index (χ1n) is 11.4. The smallest absolute Gasteiger partial charge is 0.434 e. The number of hydrogen-bond donors (Lipinski definition) is 0. The molecule has 9 heteroatoms. The molecule has 0 bridgehead atoms. The third-order valence-corrected chi connectivity index (χ3v) is 6.02. The number of fused-ring (bicyclic) bond motifs is 1. The fourth-order valence-corrected chi connectivity index (χ4v) is 4.20. The third-order valence-electron chi connectivity index (χ3n) is 6.02. The zero-order valence-electron chi connectivity index (χ0n) is 20.2. The van der Waals surface area contributed by atoms with E-state index >= 15 is 0 Å². The average Bonchev–Trinajstić information content (AvgIpc) is 3.39. The van der Waals surface area contributed by atoms with Crippen molar-refractivity contribution >= 4 is 11.0 Å². The average molecular weight is 492 g/mol. The highest BCUT2D eigenvalue weighted by Crippen LogP contribution is 2.35.